The van der Waals surface area contributed by atoms with Crippen molar-refractivity contribution in [2.45, 2.75) is 50.9 Å². The normalized spacial score (nSPS) is 25.6. The Bertz CT molecular complexity index is 2720. The molecule has 4 saturated carbocycles. The molecule has 6 aliphatic rings. The van der Waals surface area contributed by atoms with Crippen LogP contribution < -0.4 is 4.90 Å². The molecule has 0 radical (unpaired) electrons. The predicted molar refractivity (Wildman–Crippen MR) is 235 cm³/mol. The summed E-state index contributed by atoms with van der Waals surface area (Å²) in [6.45, 7) is 2.42. The molecule has 7 aromatic rings. The van der Waals surface area contributed by atoms with Gasteiger partial charge in [0.2, 0.25) is 0 Å². The number of anilines is 2. The first-order valence-electron chi connectivity index (χ1n) is 21.2. The highest BCUT2D eigenvalue weighted by molar-refractivity contribution is 6.13. The maximum absolute atomic E-state index is 2.67. The van der Waals surface area contributed by atoms with Crippen molar-refractivity contribution in [2.24, 2.45) is 29.6 Å². The largest absolute Gasteiger partial charge is 0.313 e. The number of allylic oxidation sites excluding steroid dienone is 4. The third-order valence-electron chi connectivity index (χ3n) is 14.8. The summed E-state index contributed by atoms with van der Waals surface area (Å²) in [5.41, 5.74) is 15.3. The molecule has 1 atom stereocenters. The number of fused-ring (bicyclic) bond motifs is 6. The first-order chi connectivity index (χ1) is 27.6. The van der Waals surface area contributed by atoms with Crippen molar-refractivity contribution in [3.63, 3.8) is 0 Å². The van der Waals surface area contributed by atoms with E-state index in [1.54, 1.807) is 11.1 Å². The standard InChI is InChI=1S/C55H47N/c1-35-12-11-20-46(38-13-3-2-4-14-38)54(35)56(43-24-22-39(23-25-43)51-33-40-15-5-6-16-45(40)47-17-7-8-18-48(47)51)44-26-27-50-49-19-9-10-21-52(49)55(53(50)34-44)41-29-36-28-37(31-41)32-42(55)30-36/h2-11,13-27,33-37,41-42H,12,28-32H2,1H3/t35?,36-,37?,41?,42?,55-. The monoisotopic (exact) mass is 721 g/mol. The molecule has 0 aliphatic heterocycles. The molecule has 0 aromatic heterocycles. The fourth-order valence-electron chi connectivity index (χ4n) is 12.8. The summed E-state index contributed by atoms with van der Waals surface area (Å²) in [6.07, 6.45) is 12.8. The van der Waals surface area contributed by atoms with Gasteiger partial charge < -0.3 is 4.90 Å². The summed E-state index contributed by atoms with van der Waals surface area (Å²) >= 11 is 0. The van der Waals surface area contributed by atoms with E-state index in [0.29, 0.717) is 5.92 Å². The molecule has 0 N–H and O–H groups in total. The summed E-state index contributed by atoms with van der Waals surface area (Å²) < 4.78 is 0. The number of hydrogen-bond acceptors (Lipinski definition) is 1. The molecule has 1 nitrogen and oxygen atoms in total. The number of benzene rings is 7. The average molecular weight is 722 g/mol. The second-order valence-electron chi connectivity index (χ2n) is 17.7. The Balaban J connectivity index is 1.06. The van der Waals surface area contributed by atoms with Gasteiger partial charge in [-0.15, -0.1) is 0 Å². The zero-order chi connectivity index (χ0) is 37.0. The van der Waals surface area contributed by atoms with Crippen LogP contribution in [0.4, 0.5) is 11.4 Å². The summed E-state index contributed by atoms with van der Waals surface area (Å²) in [5.74, 6) is 3.66. The van der Waals surface area contributed by atoms with Crippen molar-refractivity contribution in [3.8, 4) is 22.3 Å². The van der Waals surface area contributed by atoms with E-state index in [2.05, 4.69) is 176 Å². The molecule has 13 rings (SSSR count). The van der Waals surface area contributed by atoms with Gasteiger partial charge in [-0.3, -0.25) is 0 Å². The van der Waals surface area contributed by atoms with Crippen LogP contribution in [0, 0.1) is 29.6 Å². The molecule has 0 amide bonds. The van der Waals surface area contributed by atoms with Crippen LogP contribution in [-0.4, -0.2) is 0 Å². The van der Waals surface area contributed by atoms with Gasteiger partial charge in [-0.2, -0.15) is 0 Å². The maximum atomic E-state index is 2.67. The lowest BCUT2D eigenvalue weighted by Crippen LogP contribution is -2.55. The van der Waals surface area contributed by atoms with Gasteiger partial charge in [0, 0.05) is 34.0 Å². The highest BCUT2D eigenvalue weighted by Crippen LogP contribution is 2.69. The third-order valence-corrected chi connectivity index (χ3v) is 14.8. The van der Waals surface area contributed by atoms with Crippen molar-refractivity contribution in [3.05, 3.63) is 186 Å². The fourth-order valence-corrected chi connectivity index (χ4v) is 12.8. The van der Waals surface area contributed by atoms with Crippen LogP contribution in [0.5, 0.6) is 0 Å². The summed E-state index contributed by atoms with van der Waals surface area (Å²) in [6, 6.07) is 57.8. The maximum Gasteiger partial charge on any atom is 0.0462 e. The number of rotatable bonds is 5. The predicted octanol–water partition coefficient (Wildman–Crippen LogP) is 14.5. The molecule has 4 fully saturated rings. The van der Waals surface area contributed by atoms with Gasteiger partial charge in [-0.25, -0.2) is 0 Å². The highest BCUT2D eigenvalue weighted by atomic mass is 15.2. The minimum atomic E-state index is 0.122. The van der Waals surface area contributed by atoms with E-state index in [4.69, 9.17) is 0 Å². The van der Waals surface area contributed by atoms with Crippen molar-refractivity contribution < 1.29 is 0 Å². The quantitative estimate of drug-likeness (QED) is 0.160. The molecular weight excluding hydrogens is 675 g/mol. The average Bonchev–Trinajstić information content (AvgIpc) is 3.53. The van der Waals surface area contributed by atoms with Crippen LogP contribution in [0.2, 0.25) is 0 Å². The molecule has 6 aliphatic carbocycles. The van der Waals surface area contributed by atoms with Gasteiger partial charge >= 0.3 is 0 Å². The van der Waals surface area contributed by atoms with Gasteiger partial charge in [-0.1, -0.05) is 140 Å². The van der Waals surface area contributed by atoms with Crippen LogP contribution in [0.15, 0.2) is 170 Å². The van der Waals surface area contributed by atoms with Gasteiger partial charge in [0.15, 0.2) is 0 Å². The molecule has 272 valence electrons. The van der Waals surface area contributed by atoms with Crippen LogP contribution in [0.3, 0.4) is 0 Å². The van der Waals surface area contributed by atoms with Crippen LogP contribution in [-0.2, 0) is 5.41 Å². The molecule has 4 bridgehead atoms. The lowest BCUT2D eigenvalue weighted by molar-refractivity contribution is -0.0399. The Morgan fingerprint density at radius 2 is 1.14 bits per heavy atom. The van der Waals surface area contributed by atoms with Crippen LogP contribution in [0.25, 0.3) is 49.4 Å². The van der Waals surface area contributed by atoms with Gasteiger partial charge in [0.25, 0.3) is 0 Å². The second-order valence-corrected chi connectivity index (χ2v) is 17.7. The summed E-state index contributed by atoms with van der Waals surface area (Å²) in [7, 11) is 0. The lowest BCUT2D eigenvalue weighted by atomic mass is 9.43. The Morgan fingerprint density at radius 1 is 0.500 bits per heavy atom. The molecule has 7 aromatic carbocycles. The van der Waals surface area contributed by atoms with E-state index in [9.17, 15) is 0 Å². The van der Waals surface area contributed by atoms with Gasteiger partial charge in [0.1, 0.15) is 0 Å². The van der Waals surface area contributed by atoms with E-state index in [-0.39, 0.29) is 5.41 Å². The topological polar surface area (TPSA) is 3.24 Å². The zero-order valence-corrected chi connectivity index (χ0v) is 32.2. The van der Waals surface area contributed by atoms with E-state index in [1.807, 2.05) is 0 Å². The molecule has 1 unspecified atom stereocenters. The van der Waals surface area contributed by atoms with Crippen molar-refractivity contribution in [1.82, 2.24) is 0 Å². The molecule has 1 spiro atoms. The number of hydrogen-bond donors (Lipinski definition) is 0. The van der Waals surface area contributed by atoms with Crippen LogP contribution in [0.1, 0.15) is 62.1 Å². The Hall–Kier alpha value is -5.66. The van der Waals surface area contributed by atoms with Gasteiger partial charge in [-0.05, 0) is 153 Å². The molecular formula is C55H47N. The van der Waals surface area contributed by atoms with Crippen molar-refractivity contribution in [2.75, 3.05) is 4.90 Å². The summed E-state index contributed by atoms with van der Waals surface area (Å²) in [5, 5.41) is 5.20. The number of nitrogens with zero attached hydrogens (tertiary/aromatic N) is 1. The third kappa shape index (κ3) is 4.67. The SMILES string of the molecule is CC1CC=CC(c2ccccc2)=C1N(c1ccc(-c2cc3ccccc3c3ccccc23)cc1)c1ccc2c(c1)[C@]1(c3ccccc3-2)C2CC3CC1C[C@H](C3)C2. The second kappa shape index (κ2) is 12.4. The zero-order valence-electron chi connectivity index (χ0n) is 32.2. The Kier molecular flexibility index (Phi) is 7.22. The van der Waals surface area contributed by atoms with E-state index >= 15 is 0 Å². The Morgan fingerprint density at radius 3 is 1.93 bits per heavy atom. The highest BCUT2D eigenvalue weighted by Gasteiger charge is 2.61. The fraction of sp³-hybridized carbons (Fsp3) is 0.236. The van der Waals surface area contributed by atoms with Crippen LogP contribution >= 0.6 is 0 Å². The Labute approximate surface area is 331 Å². The van der Waals surface area contributed by atoms with Crippen molar-refractivity contribution in [1.29, 1.82) is 0 Å². The minimum Gasteiger partial charge on any atom is -0.313 e. The first kappa shape index (κ1) is 32.6. The van der Waals surface area contributed by atoms with E-state index in [0.717, 1.165) is 30.1 Å². The molecule has 56 heavy (non-hydrogen) atoms. The lowest BCUT2D eigenvalue weighted by Gasteiger charge is -2.61. The van der Waals surface area contributed by atoms with E-state index in [1.165, 1.54) is 104 Å². The molecule has 1 heteroatoms. The minimum absolute atomic E-state index is 0.122. The molecule has 0 saturated heterocycles. The van der Waals surface area contributed by atoms with Gasteiger partial charge in [0.05, 0.1) is 0 Å². The van der Waals surface area contributed by atoms with Crippen molar-refractivity contribution >= 4 is 38.5 Å². The molecule has 0 heterocycles. The first-order valence-corrected chi connectivity index (χ1v) is 21.2. The smallest absolute Gasteiger partial charge is 0.0462 e. The summed E-state index contributed by atoms with van der Waals surface area (Å²) in [4.78, 5) is 2.64. The van der Waals surface area contributed by atoms with E-state index < -0.39 is 0 Å².